The van der Waals surface area contributed by atoms with Crippen LogP contribution in [-0.2, 0) is 20.1 Å². The Hall–Kier alpha value is -0.764. The standard InChI is InChI=1S/C20H28NSi.Ir/c1-14(2)16-8-10-17(11-9-16)19-12-18(15(3)4)20(13-21-19)22(5,6)7;/h8-10,12-15H,1-7H3;/q-1;. The largest absolute Gasteiger partial charge is 0.305 e. The molecule has 0 spiro atoms. The van der Waals surface area contributed by atoms with Crippen molar-refractivity contribution in [2.75, 3.05) is 0 Å². The monoisotopic (exact) mass is 503 g/mol. The molecule has 1 aromatic carbocycles. The number of pyridine rings is 1. The molecule has 1 nitrogen and oxygen atoms in total. The van der Waals surface area contributed by atoms with Gasteiger partial charge in [0.2, 0.25) is 0 Å². The van der Waals surface area contributed by atoms with Crippen LogP contribution in [0.3, 0.4) is 0 Å². The molecule has 0 aliphatic carbocycles. The molecule has 2 rings (SSSR count). The average molecular weight is 503 g/mol. The molecule has 0 atom stereocenters. The molecule has 0 unspecified atom stereocenters. The van der Waals surface area contributed by atoms with Gasteiger partial charge in [-0.1, -0.05) is 64.9 Å². The van der Waals surface area contributed by atoms with Crippen molar-refractivity contribution in [2.45, 2.75) is 59.2 Å². The topological polar surface area (TPSA) is 12.9 Å². The van der Waals surface area contributed by atoms with Crippen molar-refractivity contribution in [3.8, 4) is 11.3 Å². The van der Waals surface area contributed by atoms with Crippen LogP contribution in [0.5, 0.6) is 0 Å². The molecule has 0 saturated carbocycles. The van der Waals surface area contributed by atoms with Crippen molar-refractivity contribution in [2.24, 2.45) is 0 Å². The van der Waals surface area contributed by atoms with E-state index in [1.807, 2.05) is 0 Å². The van der Waals surface area contributed by atoms with Crippen LogP contribution in [0.2, 0.25) is 19.6 Å². The summed E-state index contributed by atoms with van der Waals surface area (Å²) in [7, 11) is -1.36. The Morgan fingerprint density at radius 1 is 1.00 bits per heavy atom. The summed E-state index contributed by atoms with van der Waals surface area (Å²) >= 11 is 0. The summed E-state index contributed by atoms with van der Waals surface area (Å²) < 4.78 is 0. The van der Waals surface area contributed by atoms with Gasteiger partial charge in [0.1, 0.15) is 0 Å². The first kappa shape index (κ1) is 20.3. The summed E-state index contributed by atoms with van der Waals surface area (Å²) in [5.41, 5.74) is 4.91. The van der Waals surface area contributed by atoms with E-state index in [0.717, 1.165) is 11.3 Å². The Kier molecular flexibility index (Phi) is 6.94. The van der Waals surface area contributed by atoms with E-state index in [-0.39, 0.29) is 20.1 Å². The van der Waals surface area contributed by atoms with Crippen LogP contribution in [0.25, 0.3) is 11.3 Å². The molecule has 0 bridgehead atoms. The van der Waals surface area contributed by atoms with Crippen molar-refractivity contribution in [3.05, 3.63) is 47.7 Å². The van der Waals surface area contributed by atoms with Crippen molar-refractivity contribution in [1.82, 2.24) is 4.98 Å². The smallest absolute Gasteiger partial charge is 0.0799 e. The van der Waals surface area contributed by atoms with Gasteiger partial charge in [0.05, 0.1) is 8.07 Å². The quantitative estimate of drug-likeness (QED) is 0.406. The van der Waals surface area contributed by atoms with Crippen molar-refractivity contribution >= 4 is 13.3 Å². The van der Waals surface area contributed by atoms with E-state index in [1.54, 1.807) is 0 Å². The van der Waals surface area contributed by atoms with E-state index in [2.05, 4.69) is 83.9 Å². The first-order valence-corrected chi connectivity index (χ1v) is 11.7. The molecule has 23 heavy (non-hydrogen) atoms. The third-order valence-corrected chi connectivity index (χ3v) is 6.18. The normalized spacial score (nSPS) is 11.7. The number of benzene rings is 1. The maximum Gasteiger partial charge on any atom is 0.0799 e. The summed E-state index contributed by atoms with van der Waals surface area (Å²) in [6.45, 7) is 16.1. The Morgan fingerprint density at radius 2 is 1.65 bits per heavy atom. The molecule has 1 radical (unpaired) electrons. The van der Waals surface area contributed by atoms with E-state index in [9.17, 15) is 0 Å². The fourth-order valence-corrected chi connectivity index (χ4v) is 4.36. The van der Waals surface area contributed by atoms with Crippen molar-refractivity contribution in [1.29, 1.82) is 0 Å². The van der Waals surface area contributed by atoms with Crippen LogP contribution in [-0.4, -0.2) is 13.1 Å². The van der Waals surface area contributed by atoms with Gasteiger partial charge in [-0.25, -0.2) is 0 Å². The molecular weight excluding hydrogens is 475 g/mol. The van der Waals surface area contributed by atoms with Crippen LogP contribution in [0.4, 0.5) is 0 Å². The van der Waals surface area contributed by atoms with Gasteiger partial charge in [0, 0.05) is 26.3 Å². The van der Waals surface area contributed by atoms with Gasteiger partial charge in [0.25, 0.3) is 0 Å². The first-order valence-electron chi connectivity index (χ1n) is 8.22. The van der Waals surface area contributed by atoms with Crippen LogP contribution in [0.15, 0.2) is 30.5 Å². The predicted octanol–water partition coefficient (Wildman–Crippen LogP) is 5.34. The third kappa shape index (κ3) is 4.85. The molecule has 127 valence electrons. The van der Waals surface area contributed by atoms with Gasteiger partial charge in [-0.3, -0.25) is 0 Å². The minimum Gasteiger partial charge on any atom is -0.305 e. The molecule has 1 heterocycles. The first-order chi connectivity index (χ1) is 10.2. The fourth-order valence-electron chi connectivity index (χ4n) is 2.68. The second kappa shape index (κ2) is 7.87. The van der Waals surface area contributed by atoms with Gasteiger partial charge in [-0.05, 0) is 16.8 Å². The molecule has 0 saturated heterocycles. The molecule has 0 aliphatic heterocycles. The molecule has 0 N–H and O–H groups in total. The second-order valence-electron chi connectivity index (χ2n) is 7.75. The van der Waals surface area contributed by atoms with E-state index in [0.29, 0.717) is 11.8 Å². The average Bonchev–Trinajstić information content (AvgIpc) is 2.45. The Morgan fingerprint density at radius 3 is 2.09 bits per heavy atom. The maximum absolute atomic E-state index is 4.74. The SMILES string of the molecule is CC(C)c1c[c-]c(-c2cc(C(C)C)c([Si](C)(C)C)cn2)cc1.[Ir]. The number of aromatic nitrogens is 1. The van der Waals surface area contributed by atoms with E-state index >= 15 is 0 Å². The molecule has 0 amide bonds. The number of rotatable bonds is 4. The van der Waals surface area contributed by atoms with Gasteiger partial charge in [0.15, 0.2) is 0 Å². The molecule has 1 aromatic heterocycles. The summed E-state index contributed by atoms with van der Waals surface area (Å²) in [5.74, 6) is 1.07. The predicted molar refractivity (Wildman–Crippen MR) is 99.7 cm³/mol. The van der Waals surface area contributed by atoms with E-state index < -0.39 is 8.07 Å². The molecule has 3 heteroatoms. The van der Waals surface area contributed by atoms with Crippen molar-refractivity contribution < 1.29 is 20.1 Å². The number of hydrogen-bond acceptors (Lipinski definition) is 1. The number of hydrogen-bond donors (Lipinski definition) is 0. The zero-order chi connectivity index (χ0) is 16.5. The molecule has 2 aromatic rings. The summed E-state index contributed by atoms with van der Waals surface area (Å²) in [6.07, 6.45) is 2.11. The van der Waals surface area contributed by atoms with Crippen LogP contribution in [0, 0.1) is 6.07 Å². The fraction of sp³-hybridized carbons (Fsp3) is 0.450. The minimum absolute atomic E-state index is 0. The van der Waals surface area contributed by atoms with Crippen LogP contribution in [0.1, 0.15) is 50.7 Å². The molecular formula is C20H28IrNSi-. The minimum atomic E-state index is -1.36. The molecule has 0 fully saturated rings. The Labute approximate surface area is 156 Å². The van der Waals surface area contributed by atoms with Gasteiger partial charge < -0.3 is 4.98 Å². The second-order valence-corrected chi connectivity index (χ2v) is 12.8. The Bertz CT molecular complexity index is 640. The zero-order valence-electron chi connectivity index (χ0n) is 15.3. The summed E-state index contributed by atoms with van der Waals surface area (Å²) in [4.78, 5) is 4.74. The zero-order valence-corrected chi connectivity index (χ0v) is 18.7. The van der Waals surface area contributed by atoms with Gasteiger partial charge in [-0.15, -0.1) is 35.4 Å². The van der Waals surface area contributed by atoms with E-state index in [1.165, 1.54) is 16.3 Å². The van der Waals surface area contributed by atoms with Gasteiger partial charge in [-0.2, -0.15) is 0 Å². The number of nitrogens with zero attached hydrogens (tertiary/aromatic N) is 1. The third-order valence-electron chi connectivity index (χ3n) is 4.15. The van der Waals surface area contributed by atoms with Crippen molar-refractivity contribution in [3.63, 3.8) is 0 Å². The van der Waals surface area contributed by atoms with Gasteiger partial charge >= 0.3 is 0 Å². The van der Waals surface area contributed by atoms with E-state index in [4.69, 9.17) is 4.98 Å². The maximum atomic E-state index is 4.74. The van der Waals surface area contributed by atoms with Crippen LogP contribution < -0.4 is 5.19 Å². The summed E-state index contributed by atoms with van der Waals surface area (Å²) in [6, 6.07) is 12.1. The molecule has 0 aliphatic rings. The summed E-state index contributed by atoms with van der Waals surface area (Å²) in [5, 5.41) is 1.48. The van der Waals surface area contributed by atoms with Crippen LogP contribution >= 0.6 is 0 Å². The Balaban J connectivity index is 0.00000264.